The van der Waals surface area contributed by atoms with Crippen molar-refractivity contribution in [3.8, 4) is 0 Å². The maximum atomic E-state index is 3.59. The van der Waals surface area contributed by atoms with Gasteiger partial charge in [0.25, 0.3) is 0 Å². The summed E-state index contributed by atoms with van der Waals surface area (Å²) in [6.07, 6.45) is 5.77. The van der Waals surface area contributed by atoms with Crippen molar-refractivity contribution in [2.45, 2.75) is 32.6 Å². The van der Waals surface area contributed by atoms with Gasteiger partial charge in [-0.2, -0.15) is 0 Å². The summed E-state index contributed by atoms with van der Waals surface area (Å²) in [5.41, 5.74) is 0. The maximum absolute atomic E-state index is 3.59. The van der Waals surface area contributed by atoms with Crippen molar-refractivity contribution in [3.63, 3.8) is 0 Å². The quantitative estimate of drug-likeness (QED) is 0.696. The van der Waals surface area contributed by atoms with Gasteiger partial charge >= 0.3 is 0 Å². The molecule has 1 atom stereocenters. The Morgan fingerprint density at radius 3 is 2.64 bits per heavy atom. The molecule has 2 aliphatic rings. The molecule has 0 aromatic rings. The SMILES string of the molecule is CC(CNCC1CC1)CN1CCCC1. The first kappa shape index (κ1) is 10.4. The summed E-state index contributed by atoms with van der Waals surface area (Å²) in [7, 11) is 0. The van der Waals surface area contributed by atoms with Crippen LogP contribution in [-0.4, -0.2) is 37.6 Å². The summed E-state index contributed by atoms with van der Waals surface area (Å²) in [5.74, 6) is 1.85. The lowest BCUT2D eigenvalue weighted by Gasteiger charge is -2.20. The zero-order valence-electron chi connectivity index (χ0n) is 9.47. The van der Waals surface area contributed by atoms with Crippen LogP contribution in [-0.2, 0) is 0 Å². The molecule has 2 rings (SSSR count). The second kappa shape index (κ2) is 5.13. The Morgan fingerprint density at radius 2 is 2.00 bits per heavy atom. The third-order valence-electron chi connectivity index (χ3n) is 3.39. The van der Waals surface area contributed by atoms with Crippen molar-refractivity contribution < 1.29 is 0 Å². The normalized spacial score (nSPS) is 25.5. The molecule has 0 radical (unpaired) electrons. The summed E-state index contributed by atoms with van der Waals surface area (Å²) in [6, 6.07) is 0. The average molecular weight is 196 g/mol. The zero-order valence-corrected chi connectivity index (χ0v) is 9.47. The molecule has 1 aliphatic heterocycles. The molecular weight excluding hydrogens is 172 g/mol. The summed E-state index contributed by atoms with van der Waals surface area (Å²) in [5, 5.41) is 3.59. The fourth-order valence-corrected chi connectivity index (χ4v) is 2.33. The van der Waals surface area contributed by atoms with Gasteiger partial charge in [0.1, 0.15) is 0 Å². The molecule has 1 heterocycles. The van der Waals surface area contributed by atoms with E-state index in [0.717, 1.165) is 11.8 Å². The maximum Gasteiger partial charge on any atom is 0.00191 e. The van der Waals surface area contributed by atoms with Crippen LogP contribution in [0.5, 0.6) is 0 Å². The molecule has 0 amide bonds. The minimum absolute atomic E-state index is 0.826. The molecule has 1 saturated carbocycles. The monoisotopic (exact) mass is 196 g/mol. The van der Waals surface area contributed by atoms with Crippen LogP contribution in [0.1, 0.15) is 32.6 Å². The van der Waals surface area contributed by atoms with E-state index in [1.807, 2.05) is 0 Å². The minimum atomic E-state index is 0.826. The predicted molar refractivity (Wildman–Crippen MR) is 60.4 cm³/mol. The van der Waals surface area contributed by atoms with E-state index in [9.17, 15) is 0 Å². The number of hydrogen-bond donors (Lipinski definition) is 1. The van der Waals surface area contributed by atoms with Gasteiger partial charge in [0.15, 0.2) is 0 Å². The van der Waals surface area contributed by atoms with E-state index in [4.69, 9.17) is 0 Å². The fraction of sp³-hybridized carbons (Fsp3) is 1.00. The molecular formula is C12H24N2. The number of rotatable bonds is 6. The molecule has 2 nitrogen and oxygen atoms in total. The molecule has 2 fully saturated rings. The van der Waals surface area contributed by atoms with Crippen molar-refractivity contribution in [2.24, 2.45) is 11.8 Å². The van der Waals surface area contributed by atoms with Crippen LogP contribution in [0.3, 0.4) is 0 Å². The van der Waals surface area contributed by atoms with Gasteiger partial charge in [0.2, 0.25) is 0 Å². The Kier molecular flexibility index (Phi) is 3.82. The fourth-order valence-electron chi connectivity index (χ4n) is 2.33. The van der Waals surface area contributed by atoms with E-state index < -0.39 is 0 Å². The van der Waals surface area contributed by atoms with Gasteiger partial charge in [0.05, 0.1) is 0 Å². The summed E-state index contributed by atoms with van der Waals surface area (Å²) >= 11 is 0. The van der Waals surface area contributed by atoms with Crippen LogP contribution < -0.4 is 5.32 Å². The zero-order chi connectivity index (χ0) is 9.80. The van der Waals surface area contributed by atoms with Gasteiger partial charge in [-0.15, -0.1) is 0 Å². The van der Waals surface area contributed by atoms with Gasteiger partial charge in [0, 0.05) is 6.54 Å². The van der Waals surface area contributed by atoms with E-state index in [2.05, 4.69) is 17.1 Å². The Balaban J connectivity index is 1.50. The third kappa shape index (κ3) is 3.58. The van der Waals surface area contributed by atoms with Gasteiger partial charge in [-0.05, 0) is 63.7 Å². The lowest BCUT2D eigenvalue weighted by Crippen LogP contribution is -2.32. The van der Waals surface area contributed by atoms with E-state index in [-0.39, 0.29) is 0 Å². The third-order valence-corrected chi connectivity index (χ3v) is 3.39. The van der Waals surface area contributed by atoms with E-state index in [1.165, 1.54) is 58.4 Å². The Morgan fingerprint density at radius 1 is 1.29 bits per heavy atom. The molecule has 0 aromatic carbocycles. The Labute approximate surface area is 88.1 Å². The van der Waals surface area contributed by atoms with Crippen molar-refractivity contribution in [1.82, 2.24) is 10.2 Å². The van der Waals surface area contributed by atoms with Gasteiger partial charge in [-0.1, -0.05) is 6.92 Å². The number of nitrogens with one attached hydrogen (secondary N) is 1. The van der Waals surface area contributed by atoms with Crippen LogP contribution in [0.2, 0.25) is 0 Å². The molecule has 1 unspecified atom stereocenters. The van der Waals surface area contributed by atoms with Gasteiger partial charge in [-0.25, -0.2) is 0 Å². The van der Waals surface area contributed by atoms with Gasteiger partial charge in [-0.3, -0.25) is 0 Å². The molecule has 82 valence electrons. The standard InChI is InChI=1S/C12H24N2/c1-11(8-13-9-12-4-5-12)10-14-6-2-3-7-14/h11-13H,2-10H2,1H3. The molecule has 2 heteroatoms. The Hall–Kier alpha value is -0.0800. The van der Waals surface area contributed by atoms with Gasteiger partial charge < -0.3 is 10.2 Å². The van der Waals surface area contributed by atoms with Crippen LogP contribution in [0, 0.1) is 11.8 Å². The number of hydrogen-bond acceptors (Lipinski definition) is 2. The molecule has 0 bridgehead atoms. The molecule has 1 N–H and O–H groups in total. The lowest BCUT2D eigenvalue weighted by atomic mass is 10.1. The highest BCUT2D eigenvalue weighted by Crippen LogP contribution is 2.27. The second-order valence-electron chi connectivity index (χ2n) is 5.21. The highest BCUT2D eigenvalue weighted by atomic mass is 15.1. The molecule has 1 aliphatic carbocycles. The Bertz CT molecular complexity index is 160. The van der Waals surface area contributed by atoms with Crippen molar-refractivity contribution in [3.05, 3.63) is 0 Å². The van der Waals surface area contributed by atoms with Crippen LogP contribution in [0.4, 0.5) is 0 Å². The molecule has 14 heavy (non-hydrogen) atoms. The largest absolute Gasteiger partial charge is 0.316 e. The number of likely N-dealkylation sites (tertiary alicyclic amines) is 1. The van der Waals surface area contributed by atoms with Crippen LogP contribution in [0.15, 0.2) is 0 Å². The average Bonchev–Trinajstić information content (AvgIpc) is 2.83. The van der Waals surface area contributed by atoms with Crippen LogP contribution >= 0.6 is 0 Å². The molecule has 0 aromatic heterocycles. The first-order valence-electron chi connectivity index (χ1n) is 6.27. The van der Waals surface area contributed by atoms with Crippen LogP contribution in [0.25, 0.3) is 0 Å². The molecule has 0 spiro atoms. The summed E-state index contributed by atoms with van der Waals surface area (Å²) < 4.78 is 0. The van der Waals surface area contributed by atoms with Crippen molar-refractivity contribution in [2.75, 3.05) is 32.7 Å². The van der Waals surface area contributed by atoms with E-state index in [0.29, 0.717) is 0 Å². The first-order valence-corrected chi connectivity index (χ1v) is 6.27. The second-order valence-corrected chi connectivity index (χ2v) is 5.21. The number of nitrogens with zero attached hydrogens (tertiary/aromatic N) is 1. The molecule has 1 saturated heterocycles. The topological polar surface area (TPSA) is 15.3 Å². The highest BCUT2D eigenvalue weighted by Gasteiger charge is 2.21. The predicted octanol–water partition coefficient (Wildman–Crippen LogP) is 1.72. The summed E-state index contributed by atoms with van der Waals surface area (Å²) in [4.78, 5) is 2.61. The van der Waals surface area contributed by atoms with Crippen molar-refractivity contribution >= 4 is 0 Å². The van der Waals surface area contributed by atoms with E-state index >= 15 is 0 Å². The van der Waals surface area contributed by atoms with E-state index in [1.54, 1.807) is 0 Å². The van der Waals surface area contributed by atoms with Crippen molar-refractivity contribution in [1.29, 1.82) is 0 Å². The minimum Gasteiger partial charge on any atom is -0.316 e. The summed E-state index contributed by atoms with van der Waals surface area (Å²) in [6.45, 7) is 8.84. The lowest BCUT2D eigenvalue weighted by molar-refractivity contribution is 0.282. The highest BCUT2D eigenvalue weighted by molar-refractivity contribution is 4.76. The first-order chi connectivity index (χ1) is 6.84. The smallest absolute Gasteiger partial charge is 0.00191 e.